The number of hydrogen-bond donors (Lipinski definition) is 0. The van der Waals surface area contributed by atoms with E-state index >= 15 is 0 Å². The van der Waals surface area contributed by atoms with E-state index in [4.69, 9.17) is 9.68 Å². The molecule has 0 aliphatic heterocycles. The molecule has 2 aromatic rings. The molecule has 0 aliphatic carbocycles. The molecule has 0 spiro atoms. The van der Waals surface area contributed by atoms with Crippen LogP contribution in [0.15, 0.2) is 26.9 Å². The SMILES string of the molecule is Cc1oc(N=Cc2cccs2)c(C#N)c1C. The van der Waals surface area contributed by atoms with Crippen molar-refractivity contribution < 1.29 is 4.42 Å². The summed E-state index contributed by atoms with van der Waals surface area (Å²) in [5, 5.41) is 11.0. The second-order valence-corrected chi connectivity index (χ2v) is 4.33. The van der Waals surface area contributed by atoms with Crippen LogP contribution in [0.1, 0.15) is 21.8 Å². The van der Waals surface area contributed by atoms with E-state index < -0.39 is 0 Å². The molecule has 3 nitrogen and oxygen atoms in total. The molecule has 2 rings (SSSR count). The molecule has 0 atom stereocenters. The Morgan fingerprint density at radius 1 is 1.50 bits per heavy atom. The smallest absolute Gasteiger partial charge is 0.237 e. The van der Waals surface area contributed by atoms with Gasteiger partial charge in [0.25, 0.3) is 0 Å². The molecule has 0 aromatic carbocycles. The Balaban J connectivity index is 2.36. The number of nitrogens with zero attached hydrogens (tertiary/aromatic N) is 2. The Hall–Kier alpha value is -1.86. The fourth-order valence-corrected chi connectivity index (χ4v) is 1.90. The number of rotatable bonds is 2. The van der Waals surface area contributed by atoms with Crippen molar-refractivity contribution in [3.8, 4) is 6.07 Å². The number of furan rings is 1. The fourth-order valence-electron chi connectivity index (χ4n) is 1.32. The first kappa shape index (κ1) is 10.7. The van der Waals surface area contributed by atoms with Gasteiger partial charge < -0.3 is 4.42 Å². The summed E-state index contributed by atoms with van der Waals surface area (Å²) in [6.45, 7) is 3.70. The van der Waals surface area contributed by atoms with E-state index in [0.717, 1.165) is 16.2 Å². The number of hydrogen-bond acceptors (Lipinski definition) is 4. The topological polar surface area (TPSA) is 49.3 Å². The minimum Gasteiger partial charge on any atom is -0.442 e. The maximum atomic E-state index is 8.99. The molecule has 4 heteroatoms. The largest absolute Gasteiger partial charge is 0.442 e. The van der Waals surface area contributed by atoms with Crippen LogP contribution in [-0.2, 0) is 0 Å². The fraction of sp³-hybridized carbons (Fsp3) is 0.167. The number of nitriles is 1. The lowest BCUT2D eigenvalue weighted by molar-refractivity contribution is 0.542. The van der Waals surface area contributed by atoms with Crippen molar-refractivity contribution in [2.45, 2.75) is 13.8 Å². The van der Waals surface area contributed by atoms with Crippen LogP contribution in [0.25, 0.3) is 0 Å². The molecular weight excluding hydrogens is 220 g/mol. The van der Waals surface area contributed by atoms with Crippen molar-refractivity contribution in [1.82, 2.24) is 0 Å². The molecule has 2 heterocycles. The third-order valence-corrected chi connectivity index (χ3v) is 3.14. The van der Waals surface area contributed by atoms with Crippen molar-refractivity contribution in [2.75, 3.05) is 0 Å². The minimum atomic E-state index is 0.394. The Bertz CT molecular complexity index is 559. The maximum Gasteiger partial charge on any atom is 0.237 e. The highest BCUT2D eigenvalue weighted by atomic mass is 32.1. The van der Waals surface area contributed by atoms with Gasteiger partial charge in [0.1, 0.15) is 17.4 Å². The van der Waals surface area contributed by atoms with E-state index in [2.05, 4.69) is 11.1 Å². The second-order valence-electron chi connectivity index (χ2n) is 3.35. The summed E-state index contributed by atoms with van der Waals surface area (Å²) < 4.78 is 5.42. The molecule has 2 aromatic heterocycles. The van der Waals surface area contributed by atoms with E-state index in [-0.39, 0.29) is 0 Å². The van der Waals surface area contributed by atoms with Gasteiger partial charge in [-0.15, -0.1) is 11.3 Å². The van der Waals surface area contributed by atoms with Gasteiger partial charge in [0, 0.05) is 16.7 Å². The lowest BCUT2D eigenvalue weighted by Crippen LogP contribution is -1.76. The van der Waals surface area contributed by atoms with Crippen molar-refractivity contribution in [2.24, 2.45) is 4.99 Å². The van der Waals surface area contributed by atoms with Gasteiger partial charge in [-0.2, -0.15) is 5.26 Å². The molecule has 0 aliphatic rings. The first-order valence-electron chi connectivity index (χ1n) is 4.80. The molecule has 0 saturated heterocycles. The second kappa shape index (κ2) is 4.33. The Kier molecular flexibility index (Phi) is 2.88. The Labute approximate surface area is 97.7 Å². The molecular formula is C12H10N2OS. The molecule has 0 unspecified atom stereocenters. The summed E-state index contributed by atoms with van der Waals surface area (Å²) in [5.41, 5.74) is 1.38. The molecule has 16 heavy (non-hydrogen) atoms. The predicted octanol–water partition coefficient (Wildman–Crippen LogP) is 3.58. The van der Waals surface area contributed by atoms with E-state index in [1.54, 1.807) is 17.6 Å². The van der Waals surface area contributed by atoms with Crippen molar-refractivity contribution >= 4 is 23.4 Å². The third kappa shape index (κ3) is 1.90. The van der Waals surface area contributed by atoms with E-state index in [1.165, 1.54) is 0 Å². The van der Waals surface area contributed by atoms with E-state index in [1.807, 2.05) is 31.4 Å². The molecule has 80 valence electrons. The normalized spacial score (nSPS) is 10.8. The summed E-state index contributed by atoms with van der Waals surface area (Å²) in [6, 6.07) is 6.03. The van der Waals surface area contributed by atoms with Crippen molar-refractivity contribution in [3.05, 3.63) is 39.3 Å². The van der Waals surface area contributed by atoms with Gasteiger partial charge in [-0.1, -0.05) is 6.07 Å². The van der Waals surface area contributed by atoms with Crippen LogP contribution < -0.4 is 0 Å². The molecule has 0 fully saturated rings. The van der Waals surface area contributed by atoms with Crippen LogP contribution in [0, 0.1) is 25.2 Å². The summed E-state index contributed by atoms with van der Waals surface area (Å²) in [6.07, 6.45) is 1.71. The van der Waals surface area contributed by atoms with Gasteiger partial charge in [0.2, 0.25) is 5.88 Å². The van der Waals surface area contributed by atoms with Crippen LogP contribution in [0.4, 0.5) is 5.88 Å². The summed E-state index contributed by atoms with van der Waals surface area (Å²) >= 11 is 1.59. The van der Waals surface area contributed by atoms with E-state index in [9.17, 15) is 0 Å². The first-order valence-corrected chi connectivity index (χ1v) is 5.68. The molecule has 0 amide bonds. The van der Waals surface area contributed by atoms with Gasteiger partial charge in [0.05, 0.1) is 0 Å². The standard InChI is InChI=1S/C12H10N2OS/c1-8-9(2)15-12(11(8)6-13)14-7-10-4-3-5-16-10/h3-5,7H,1-2H3. The maximum absolute atomic E-state index is 8.99. The Morgan fingerprint density at radius 3 is 2.94 bits per heavy atom. The first-order chi connectivity index (χ1) is 7.72. The van der Waals surface area contributed by atoms with Gasteiger partial charge in [-0.25, -0.2) is 4.99 Å². The van der Waals surface area contributed by atoms with Crippen LogP contribution in [0.2, 0.25) is 0 Å². The monoisotopic (exact) mass is 230 g/mol. The van der Waals surface area contributed by atoms with Crippen LogP contribution in [-0.4, -0.2) is 6.21 Å². The van der Waals surface area contributed by atoms with Gasteiger partial charge in [-0.05, 0) is 25.3 Å². The predicted molar refractivity (Wildman–Crippen MR) is 64.5 cm³/mol. The number of thiophene rings is 1. The van der Waals surface area contributed by atoms with Crippen molar-refractivity contribution in [1.29, 1.82) is 5.26 Å². The zero-order chi connectivity index (χ0) is 11.5. The quantitative estimate of drug-likeness (QED) is 0.740. The zero-order valence-corrected chi connectivity index (χ0v) is 9.84. The van der Waals surface area contributed by atoms with E-state index in [0.29, 0.717) is 11.4 Å². The van der Waals surface area contributed by atoms with Gasteiger partial charge in [-0.3, -0.25) is 0 Å². The highest BCUT2D eigenvalue weighted by molar-refractivity contribution is 7.11. The number of aliphatic imine (C=N–C) groups is 1. The third-order valence-electron chi connectivity index (χ3n) is 2.33. The highest BCUT2D eigenvalue weighted by Crippen LogP contribution is 2.27. The average Bonchev–Trinajstić information content (AvgIpc) is 2.86. The zero-order valence-electron chi connectivity index (χ0n) is 9.02. The molecule has 0 radical (unpaired) electrons. The van der Waals surface area contributed by atoms with Crippen molar-refractivity contribution in [3.63, 3.8) is 0 Å². The van der Waals surface area contributed by atoms with Gasteiger partial charge >= 0.3 is 0 Å². The molecule has 0 saturated carbocycles. The average molecular weight is 230 g/mol. The minimum absolute atomic E-state index is 0.394. The van der Waals surface area contributed by atoms with Gasteiger partial charge in [0.15, 0.2) is 0 Å². The lowest BCUT2D eigenvalue weighted by atomic mass is 10.2. The highest BCUT2D eigenvalue weighted by Gasteiger charge is 2.12. The lowest BCUT2D eigenvalue weighted by Gasteiger charge is -1.86. The summed E-state index contributed by atoms with van der Waals surface area (Å²) in [4.78, 5) is 5.23. The molecule has 0 N–H and O–H groups in total. The van der Waals surface area contributed by atoms with Crippen LogP contribution in [0.5, 0.6) is 0 Å². The van der Waals surface area contributed by atoms with Crippen LogP contribution in [0.3, 0.4) is 0 Å². The molecule has 0 bridgehead atoms. The number of aryl methyl sites for hydroxylation is 1. The Morgan fingerprint density at radius 2 is 2.31 bits per heavy atom. The van der Waals surface area contributed by atoms with Crippen LogP contribution >= 0.6 is 11.3 Å². The summed E-state index contributed by atoms with van der Waals surface area (Å²) in [7, 11) is 0. The summed E-state index contributed by atoms with van der Waals surface area (Å²) in [5.74, 6) is 1.14.